The van der Waals surface area contributed by atoms with Gasteiger partial charge in [0.25, 0.3) is 0 Å². The van der Waals surface area contributed by atoms with Crippen LogP contribution in [-0.2, 0) is 4.74 Å². The molecular formula is C10H9O2. The van der Waals surface area contributed by atoms with E-state index >= 15 is 0 Å². The lowest BCUT2D eigenvalue weighted by Gasteiger charge is -2.02. The van der Waals surface area contributed by atoms with E-state index in [1.54, 1.807) is 6.07 Å². The molecule has 0 fully saturated rings. The third kappa shape index (κ3) is 0.843. The molecule has 1 aromatic carbocycles. The number of benzene rings is 1. The monoisotopic (exact) mass is 161 g/mol. The van der Waals surface area contributed by atoms with Crippen molar-refractivity contribution in [3.63, 3.8) is 0 Å². The molecule has 0 spiro atoms. The first-order chi connectivity index (χ1) is 5.70. The predicted octanol–water partition coefficient (Wildman–Crippen LogP) is 2.07. The van der Waals surface area contributed by atoms with Gasteiger partial charge in [-0.1, -0.05) is 12.1 Å². The highest BCUT2D eigenvalue weighted by Crippen LogP contribution is 2.31. The minimum atomic E-state index is -0.230. The van der Waals surface area contributed by atoms with Crippen LogP contribution in [0.4, 0.5) is 0 Å². The zero-order valence-corrected chi connectivity index (χ0v) is 7.05. The summed E-state index contributed by atoms with van der Waals surface area (Å²) in [5.74, 6) is -0.230. The maximum absolute atomic E-state index is 11.2. The fraction of sp³-hybridized carbons (Fsp3) is 0.200. The van der Waals surface area contributed by atoms with Crippen molar-refractivity contribution < 1.29 is 9.53 Å². The molecule has 0 N–H and O–H groups in total. The third-order valence-electron chi connectivity index (χ3n) is 2.09. The smallest absolute Gasteiger partial charge is 0.339 e. The first kappa shape index (κ1) is 7.35. The summed E-state index contributed by atoms with van der Waals surface area (Å²) in [7, 11) is 0. The van der Waals surface area contributed by atoms with Gasteiger partial charge in [0, 0.05) is 5.56 Å². The number of rotatable bonds is 0. The fourth-order valence-corrected chi connectivity index (χ4v) is 1.55. The fourth-order valence-electron chi connectivity index (χ4n) is 1.55. The second kappa shape index (κ2) is 2.34. The Balaban J connectivity index is 2.67. The van der Waals surface area contributed by atoms with E-state index < -0.39 is 0 Å². The highest BCUT2D eigenvalue weighted by Gasteiger charge is 2.29. The van der Waals surface area contributed by atoms with Crippen LogP contribution in [0.1, 0.15) is 28.4 Å². The molecule has 0 saturated carbocycles. The van der Waals surface area contributed by atoms with E-state index in [9.17, 15) is 4.79 Å². The first-order valence-electron chi connectivity index (χ1n) is 3.86. The molecule has 2 nitrogen and oxygen atoms in total. The summed E-state index contributed by atoms with van der Waals surface area (Å²) in [6.07, 6.45) is 0.716. The zero-order chi connectivity index (χ0) is 8.72. The highest BCUT2D eigenvalue weighted by atomic mass is 16.5. The van der Waals surface area contributed by atoms with Crippen molar-refractivity contribution in [1.29, 1.82) is 0 Å². The summed E-state index contributed by atoms with van der Waals surface area (Å²) in [4.78, 5) is 11.2. The molecule has 1 heterocycles. The number of carbonyl (C=O) groups is 1. The minimum absolute atomic E-state index is 0.230. The molecule has 0 saturated heterocycles. The lowest BCUT2D eigenvalue weighted by molar-refractivity contribution is 0.0608. The summed E-state index contributed by atoms with van der Waals surface area (Å²) >= 11 is 0. The second-order valence-corrected chi connectivity index (χ2v) is 2.94. The van der Waals surface area contributed by atoms with Gasteiger partial charge >= 0.3 is 5.97 Å². The Bertz CT molecular complexity index is 342. The van der Waals surface area contributed by atoms with Crippen LogP contribution in [0.2, 0.25) is 0 Å². The quantitative estimate of drug-likeness (QED) is 0.544. The molecule has 1 aliphatic rings. The molecule has 0 aromatic heterocycles. The van der Waals surface area contributed by atoms with Crippen LogP contribution in [0, 0.1) is 13.0 Å². The number of aryl methyl sites for hydroxylation is 1. The third-order valence-corrected chi connectivity index (χ3v) is 2.09. The molecule has 0 aliphatic carbocycles. The van der Waals surface area contributed by atoms with E-state index in [1.165, 1.54) is 0 Å². The number of esters is 1. The molecular weight excluding hydrogens is 152 g/mol. The van der Waals surface area contributed by atoms with Gasteiger partial charge in [-0.05, 0) is 25.5 Å². The van der Waals surface area contributed by atoms with E-state index in [0.717, 1.165) is 11.1 Å². The molecule has 2 heteroatoms. The maximum Gasteiger partial charge on any atom is 0.339 e. The lowest BCUT2D eigenvalue weighted by Crippen LogP contribution is -1.94. The Morgan fingerprint density at radius 1 is 1.25 bits per heavy atom. The summed E-state index contributed by atoms with van der Waals surface area (Å²) < 4.78 is 4.99. The Morgan fingerprint density at radius 2 is 2.00 bits per heavy atom. The van der Waals surface area contributed by atoms with Gasteiger partial charge in [0.15, 0.2) is 6.10 Å². The topological polar surface area (TPSA) is 26.3 Å². The number of fused-ring (bicyclic) bond motifs is 1. The molecule has 1 radical (unpaired) electrons. The second-order valence-electron chi connectivity index (χ2n) is 2.94. The highest BCUT2D eigenvalue weighted by molar-refractivity contribution is 5.96. The summed E-state index contributed by atoms with van der Waals surface area (Å²) in [5, 5.41) is 0. The van der Waals surface area contributed by atoms with Crippen molar-refractivity contribution >= 4 is 5.97 Å². The van der Waals surface area contributed by atoms with Crippen LogP contribution in [0.5, 0.6) is 0 Å². The van der Waals surface area contributed by atoms with Gasteiger partial charge in [0.1, 0.15) is 0 Å². The number of hydrogen-bond acceptors (Lipinski definition) is 2. The molecule has 1 aliphatic heterocycles. The van der Waals surface area contributed by atoms with Gasteiger partial charge in [-0.3, -0.25) is 0 Å². The van der Waals surface area contributed by atoms with Crippen molar-refractivity contribution in [2.24, 2.45) is 0 Å². The van der Waals surface area contributed by atoms with Gasteiger partial charge in [0.2, 0.25) is 0 Å². The molecule has 0 unspecified atom stereocenters. The molecule has 1 aromatic rings. The van der Waals surface area contributed by atoms with Crippen LogP contribution < -0.4 is 0 Å². The summed E-state index contributed by atoms with van der Waals surface area (Å²) in [6, 6.07) is 5.64. The normalized spacial score (nSPS) is 16.0. The standard InChI is InChI=1S/C10H9O2/c1-6-4-3-5-8-9(6)7(2)12-10(8)11/h3-5H,1-2H3. The Morgan fingerprint density at radius 3 is 2.67 bits per heavy atom. The molecule has 0 bridgehead atoms. The van der Waals surface area contributed by atoms with Crippen LogP contribution in [-0.4, -0.2) is 5.97 Å². The minimum Gasteiger partial charge on any atom is -0.446 e. The molecule has 61 valence electrons. The van der Waals surface area contributed by atoms with Gasteiger partial charge in [0.05, 0.1) is 5.56 Å². The molecule has 0 atom stereocenters. The van der Waals surface area contributed by atoms with Gasteiger partial charge in [-0.15, -0.1) is 0 Å². The van der Waals surface area contributed by atoms with E-state index in [1.807, 2.05) is 26.0 Å². The van der Waals surface area contributed by atoms with Gasteiger partial charge in [-0.25, -0.2) is 4.79 Å². The van der Waals surface area contributed by atoms with E-state index in [-0.39, 0.29) is 5.97 Å². The number of carbonyl (C=O) groups excluding carboxylic acids is 1. The first-order valence-corrected chi connectivity index (χ1v) is 3.86. The SMILES string of the molecule is C[C]1OC(=O)c2cccc(C)c21. The zero-order valence-electron chi connectivity index (χ0n) is 7.05. The number of cyclic esters (lactones) is 1. The van der Waals surface area contributed by atoms with Crippen molar-refractivity contribution in [3.8, 4) is 0 Å². The largest absolute Gasteiger partial charge is 0.446 e. The van der Waals surface area contributed by atoms with Crippen molar-refractivity contribution in [1.82, 2.24) is 0 Å². The lowest BCUT2D eigenvalue weighted by atomic mass is 10.0. The predicted molar refractivity (Wildman–Crippen MR) is 44.6 cm³/mol. The Kier molecular flexibility index (Phi) is 1.43. The van der Waals surface area contributed by atoms with Crippen LogP contribution in [0.25, 0.3) is 0 Å². The van der Waals surface area contributed by atoms with Crippen molar-refractivity contribution in [2.45, 2.75) is 13.8 Å². The van der Waals surface area contributed by atoms with E-state index in [4.69, 9.17) is 4.74 Å². The molecule has 2 rings (SSSR count). The van der Waals surface area contributed by atoms with E-state index in [2.05, 4.69) is 0 Å². The summed E-state index contributed by atoms with van der Waals surface area (Å²) in [5.41, 5.74) is 2.74. The maximum atomic E-state index is 11.2. The number of ether oxygens (including phenoxy) is 1. The molecule has 12 heavy (non-hydrogen) atoms. The van der Waals surface area contributed by atoms with Crippen LogP contribution in [0.3, 0.4) is 0 Å². The van der Waals surface area contributed by atoms with Crippen molar-refractivity contribution in [3.05, 3.63) is 41.0 Å². The Hall–Kier alpha value is -1.31. The van der Waals surface area contributed by atoms with Gasteiger partial charge < -0.3 is 4.74 Å². The van der Waals surface area contributed by atoms with Crippen molar-refractivity contribution in [2.75, 3.05) is 0 Å². The van der Waals surface area contributed by atoms with Crippen LogP contribution >= 0.6 is 0 Å². The molecule has 0 amide bonds. The summed E-state index contributed by atoms with van der Waals surface area (Å²) in [6.45, 7) is 3.79. The van der Waals surface area contributed by atoms with Crippen LogP contribution in [0.15, 0.2) is 18.2 Å². The average Bonchev–Trinajstić information content (AvgIpc) is 2.29. The Labute approximate surface area is 71.2 Å². The van der Waals surface area contributed by atoms with E-state index in [0.29, 0.717) is 11.7 Å². The number of hydrogen-bond donors (Lipinski definition) is 0. The average molecular weight is 161 g/mol. The van der Waals surface area contributed by atoms with Gasteiger partial charge in [-0.2, -0.15) is 0 Å².